The van der Waals surface area contributed by atoms with Gasteiger partial charge in [-0.3, -0.25) is 14.5 Å². The van der Waals surface area contributed by atoms with Gasteiger partial charge in [-0.05, 0) is 90.5 Å². The molecule has 1 N–H and O–H groups in total. The highest BCUT2D eigenvalue weighted by atomic mass is 127. The number of anilines is 1. The maximum absolute atomic E-state index is 13.4. The first-order valence-electron chi connectivity index (χ1n) is 9.99. The molecule has 0 saturated carbocycles. The molecule has 3 aromatic rings. The van der Waals surface area contributed by atoms with E-state index in [2.05, 4.69) is 37.9 Å². The van der Waals surface area contributed by atoms with Crippen molar-refractivity contribution in [1.82, 2.24) is 14.9 Å². The van der Waals surface area contributed by atoms with Crippen molar-refractivity contribution >= 4 is 51.9 Å². The fourth-order valence-electron chi connectivity index (χ4n) is 3.40. The van der Waals surface area contributed by atoms with E-state index in [-0.39, 0.29) is 24.1 Å². The number of rotatable bonds is 6. The summed E-state index contributed by atoms with van der Waals surface area (Å²) in [5.41, 5.74) is 4.51. The third-order valence-corrected chi connectivity index (χ3v) is 6.53. The lowest BCUT2D eigenvalue weighted by Gasteiger charge is -2.15. The SMILES string of the molecule is Cc1cc(C)nc(SC2=C(Nc3ccc(I)cc3C)C(=O)N(Cc3ccccc3)C2=O)n1. The first kappa shape index (κ1) is 22.5. The molecular formula is C24H21IN4O2S. The van der Waals surface area contributed by atoms with Gasteiger partial charge in [0.2, 0.25) is 0 Å². The lowest BCUT2D eigenvalue weighted by Crippen LogP contribution is -2.32. The molecule has 4 rings (SSSR count). The van der Waals surface area contributed by atoms with Gasteiger partial charge in [-0.15, -0.1) is 0 Å². The van der Waals surface area contributed by atoms with Crippen molar-refractivity contribution in [2.45, 2.75) is 32.5 Å². The Morgan fingerprint density at radius 1 is 0.938 bits per heavy atom. The highest BCUT2D eigenvalue weighted by Crippen LogP contribution is 2.35. The molecule has 0 radical (unpaired) electrons. The summed E-state index contributed by atoms with van der Waals surface area (Å²) in [4.78, 5) is 37.2. The van der Waals surface area contributed by atoms with Crippen molar-refractivity contribution in [2.75, 3.05) is 5.32 Å². The Morgan fingerprint density at radius 3 is 2.28 bits per heavy atom. The second-order valence-corrected chi connectivity index (χ2v) is 9.73. The van der Waals surface area contributed by atoms with Crippen LogP contribution in [0.25, 0.3) is 0 Å². The number of carbonyl (C=O) groups is 2. The Labute approximate surface area is 204 Å². The molecule has 162 valence electrons. The van der Waals surface area contributed by atoms with Crippen molar-refractivity contribution in [2.24, 2.45) is 0 Å². The van der Waals surface area contributed by atoms with Crippen LogP contribution in [0.4, 0.5) is 5.69 Å². The predicted octanol–water partition coefficient (Wildman–Crippen LogP) is 4.99. The third-order valence-electron chi connectivity index (χ3n) is 4.91. The Bertz CT molecular complexity index is 1220. The lowest BCUT2D eigenvalue weighted by molar-refractivity contribution is -0.137. The second-order valence-electron chi connectivity index (χ2n) is 7.51. The van der Waals surface area contributed by atoms with Crippen LogP contribution >= 0.6 is 34.4 Å². The van der Waals surface area contributed by atoms with Crippen molar-refractivity contribution in [3.05, 3.63) is 91.3 Å². The summed E-state index contributed by atoms with van der Waals surface area (Å²) in [5, 5.41) is 3.66. The zero-order valence-electron chi connectivity index (χ0n) is 17.8. The molecule has 1 aliphatic heterocycles. The molecule has 0 bridgehead atoms. The molecule has 0 atom stereocenters. The molecule has 0 fully saturated rings. The molecule has 2 amide bonds. The van der Waals surface area contributed by atoms with Gasteiger partial charge in [-0.25, -0.2) is 9.97 Å². The maximum atomic E-state index is 13.4. The Kier molecular flexibility index (Phi) is 6.61. The van der Waals surface area contributed by atoms with Crippen LogP contribution in [-0.4, -0.2) is 26.7 Å². The number of halogens is 1. The lowest BCUT2D eigenvalue weighted by atomic mass is 10.2. The van der Waals surface area contributed by atoms with E-state index in [0.717, 1.165) is 43.5 Å². The van der Waals surface area contributed by atoms with Crippen molar-refractivity contribution < 1.29 is 9.59 Å². The number of nitrogens with one attached hydrogen (secondary N) is 1. The minimum Gasteiger partial charge on any atom is -0.350 e. The average molecular weight is 556 g/mol. The van der Waals surface area contributed by atoms with E-state index in [9.17, 15) is 9.59 Å². The summed E-state index contributed by atoms with van der Waals surface area (Å²) >= 11 is 3.37. The fourth-order valence-corrected chi connectivity index (χ4v) is 5.05. The Morgan fingerprint density at radius 2 is 1.62 bits per heavy atom. The van der Waals surface area contributed by atoms with Crippen molar-refractivity contribution in [1.29, 1.82) is 0 Å². The summed E-state index contributed by atoms with van der Waals surface area (Å²) in [5.74, 6) is -0.707. The maximum Gasteiger partial charge on any atom is 0.278 e. The summed E-state index contributed by atoms with van der Waals surface area (Å²) in [7, 11) is 0. The first-order valence-corrected chi connectivity index (χ1v) is 11.9. The van der Waals surface area contributed by atoms with Crippen LogP contribution < -0.4 is 5.32 Å². The predicted molar refractivity (Wildman–Crippen MR) is 134 cm³/mol. The smallest absolute Gasteiger partial charge is 0.278 e. The largest absolute Gasteiger partial charge is 0.350 e. The number of aryl methyl sites for hydroxylation is 3. The molecule has 0 aliphatic carbocycles. The number of benzene rings is 2. The zero-order valence-corrected chi connectivity index (χ0v) is 20.8. The topological polar surface area (TPSA) is 75.2 Å². The van der Waals surface area contributed by atoms with Gasteiger partial charge in [-0.1, -0.05) is 30.3 Å². The number of hydrogen-bond acceptors (Lipinski definition) is 6. The van der Waals surface area contributed by atoms with Gasteiger partial charge < -0.3 is 5.32 Å². The van der Waals surface area contributed by atoms with Gasteiger partial charge in [0, 0.05) is 20.6 Å². The minimum atomic E-state index is -0.358. The van der Waals surface area contributed by atoms with E-state index in [1.54, 1.807) is 0 Å². The van der Waals surface area contributed by atoms with E-state index in [1.165, 1.54) is 4.90 Å². The Hall–Kier alpha value is -2.72. The highest BCUT2D eigenvalue weighted by Gasteiger charge is 2.39. The molecule has 6 nitrogen and oxygen atoms in total. The Balaban J connectivity index is 1.72. The van der Waals surface area contributed by atoms with Crippen LogP contribution in [0, 0.1) is 24.3 Å². The molecule has 8 heteroatoms. The number of hydrogen-bond donors (Lipinski definition) is 1. The number of carbonyl (C=O) groups excluding carboxylic acids is 2. The van der Waals surface area contributed by atoms with Crippen LogP contribution in [0.1, 0.15) is 22.5 Å². The van der Waals surface area contributed by atoms with Crippen LogP contribution in [0.15, 0.2) is 70.4 Å². The summed E-state index contributed by atoms with van der Waals surface area (Å²) in [6, 6.07) is 17.2. The van der Waals surface area contributed by atoms with Crippen LogP contribution in [0.5, 0.6) is 0 Å². The molecule has 0 unspecified atom stereocenters. The second kappa shape index (κ2) is 9.41. The van der Waals surface area contributed by atoms with E-state index < -0.39 is 0 Å². The zero-order chi connectivity index (χ0) is 22.8. The first-order chi connectivity index (χ1) is 15.3. The van der Waals surface area contributed by atoms with Gasteiger partial charge in [0.05, 0.1) is 6.54 Å². The number of imide groups is 1. The molecule has 32 heavy (non-hydrogen) atoms. The van der Waals surface area contributed by atoms with Crippen LogP contribution in [0.2, 0.25) is 0 Å². The summed E-state index contributed by atoms with van der Waals surface area (Å²) < 4.78 is 1.09. The molecule has 2 heterocycles. The average Bonchev–Trinajstić information content (AvgIpc) is 2.94. The third kappa shape index (κ3) is 4.86. The molecular weight excluding hydrogens is 535 g/mol. The highest BCUT2D eigenvalue weighted by molar-refractivity contribution is 14.1. The molecule has 0 saturated heterocycles. The van der Waals surface area contributed by atoms with Gasteiger partial charge in [0.25, 0.3) is 11.8 Å². The van der Waals surface area contributed by atoms with Gasteiger partial charge >= 0.3 is 0 Å². The van der Waals surface area contributed by atoms with Gasteiger partial charge in [-0.2, -0.15) is 0 Å². The van der Waals surface area contributed by atoms with E-state index in [4.69, 9.17) is 0 Å². The van der Waals surface area contributed by atoms with Crippen molar-refractivity contribution in [3.63, 3.8) is 0 Å². The number of thioether (sulfide) groups is 1. The quantitative estimate of drug-likeness (QED) is 0.262. The van der Waals surface area contributed by atoms with Crippen molar-refractivity contribution in [3.8, 4) is 0 Å². The molecule has 1 aromatic heterocycles. The molecule has 0 spiro atoms. The van der Waals surface area contributed by atoms with Gasteiger partial charge in [0.15, 0.2) is 5.16 Å². The molecule has 2 aromatic carbocycles. The number of amides is 2. The number of nitrogens with zero attached hydrogens (tertiary/aromatic N) is 3. The van der Waals surface area contributed by atoms with Gasteiger partial charge in [0.1, 0.15) is 10.6 Å². The van der Waals surface area contributed by atoms with Crippen LogP contribution in [0.3, 0.4) is 0 Å². The van der Waals surface area contributed by atoms with E-state index >= 15 is 0 Å². The van der Waals surface area contributed by atoms with E-state index in [0.29, 0.717) is 10.1 Å². The molecule has 1 aliphatic rings. The monoisotopic (exact) mass is 556 g/mol. The van der Waals surface area contributed by atoms with Crippen LogP contribution in [-0.2, 0) is 16.1 Å². The summed E-state index contributed by atoms with van der Waals surface area (Å²) in [6.45, 7) is 5.93. The minimum absolute atomic E-state index is 0.202. The summed E-state index contributed by atoms with van der Waals surface area (Å²) in [6.07, 6.45) is 0. The van der Waals surface area contributed by atoms with E-state index in [1.807, 2.05) is 75.4 Å². The fraction of sp³-hybridized carbons (Fsp3) is 0.167. The number of aromatic nitrogens is 2. The normalized spacial score (nSPS) is 13.8. The standard InChI is InChI=1S/C24H21IN4O2S/c1-14-11-18(25)9-10-19(14)28-20-21(32-24-26-15(2)12-16(3)27-24)23(31)29(22(20)30)13-17-7-5-4-6-8-17/h4-12,28H,13H2,1-3H3.